The van der Waals surface area contributed by atoms with E-state index in [2.05, 4.69) is 53.1 Å². The number of alkyl halides is 3. The Hall–Kier alpha value is -1.87. The summed E-state index contributed by atoms with van der Waals surface area (Å²) in [7, 11) is -3.94. The standard InChI is InChI=1S/C16H21N2.CHF3O3S/c1-17(15-8-3-2-4-9-15)13-14-7-5-11-18-12-6-10-16(14)18;2-1(3,4)8(5,6)7/h2-4,8-9,13H,5-7,10-12H2,1H3;(H,5,6,7)/q+1;/p-1. The van der Waals surface area contributed by atoms with Gasteiger partial charge >= 0.3 is 5.51 Å². The molecule has 0 atom stereocenters. The molecular weight excluding hydrogens is 369 g/mol. The summed E-state index contributed by atoms with van der Waals surface area (Å²) in [6.07, 6.45) is 7.49. The van der Waals surface area contributed by atoms with Crippen molar-refractivity contribution in [3.63, 3.8) is 0 Å². The summed E-state index contributed by atoms with van der Waals surface area (Å²) >= 11 is 0. The fourth-order valence-corrected chi connectivity index (χ4v) is 3.06. The molecule has 0 N–H and O–H groups in total. The van der Waals surface area contributed by atoms with Crippen LogP contribution in [0.2, 0.25) is 0 Å². The van der Waals surface area contributed by atoms with Crippen molar-refractivity contribution in [1.82, 2.24) is 0 Å². The van der Waals surface area contributed by atoms with Gasteiger partial charge in [-0.3, -0.25) is 0 Å². The van der Waals surface area contributed by atoms with Gasteiger partial charge in [0.15, 0.2) is 15.8 Å². The highest BCUT2D eigenvalue weighted by molar-refractivity contribution is 7.86. The second kappa shape index (κ2) is 8.22. The SMILES string of the molecule is CN(/C=C1\CCC[N+]2=C1CCC2)c1ccccc1.O=S(=O)([O-])C(F)(F)F. The molecule has 144 valence electrons. The van der Waals surface area contributed by atoms with E-state index in [0.717, 1.165) is 0 Å². The van der Waals surface area contributed by atoms with Crippen molar-refractivity contribution in [3.05, 3.63) is 42.1 Å². The number of rotatable bonds is 2. The van der Waals surface area contributed by atoms with Crippen molar-refractivity contribution in [2.45, 2.75) is 31.2 Å². The fraction of sp³-hybridized carbons (Fsp3) is 0.471. The van der Waals surface area contributed by atoms with E-state index in [4.69, 9.17) is 13.0 Å². The Kier molecular flexibility index (Phi) is 6.46. The first-order valence-corrected chi connectivity index (χ1v) is 9.62. The van der Waals surface area contributed by atoms with E-state index >= 15 is 0 Å². The minimum atomic E-state index is -6.09. The quantitative estimate of drug-likeness (QED) is 0.442. The summed E-state index contributed by atoms with van der Waals surface area (Å²) in [6, 6.07) is 10.6. The Morgan fingerprint density at radius 3 is 2.19 bits per heavy atom. The number of allylic oxidation sites excluding steroid dienone is 1. The van der Waals surface area contributed by atoms with Crippen LogP contribution in [0.15, 0.2) is 42.1 Å². The molecular formula is C17H21F3N2O3S. The highest BCUT2D eigenvalue weighted by Gasteiger charge is 2.37. The number of para-hydroxylation sites is 1. The summed E-state index contributed by atoms with van der Waals surface area (Å²) in [6.45, 7) is 2.53. The van der Waals surface area contributed by atoms with E-state index in [0.29, 0.717) is 0 Å². The number of hydrogen-bond donors (Lipinski definition) is 0. The molecule has 5 nitrogen and oxygen atoms in total. The second-order valence-electron chi connectivity index (χ2n) is 6.14. The predicted octanol–water partition coefficient (Wildman–Crippen LogP) is 3.10. The highest BCUT2D eigenvalue weighted by atomic mass is 32.2. The average molecular weight is 390 g/mol. The van der Waals surface area contributed by atoms with Gasteiger partial charge < -0.3 is 9.45 Å². The van der Waals surface area contributed by atoms with Crippen LogP contribution in [0, 0.1) is 0 Å². The van der Waals surface area contributed by atoms with Gasteiger partial charge in [0.25, 0.3) is 0 Å². The van der Waals surface area contributed by atoms with Crippen molar-refractivity contribution in [2.24, 2.45) is 0 Å². The van der Waals surface area contributed by atoms with Gasteiger partial charge in [0.1, 0.15) is 13.1 Å². The number of nitrogens with zero attached hydrogens (tertiary/aromatic N) is 2. The molecule has 1 aromatic rings. The average Bonchev–Trinajstić information content (AvgIpc) is 3.04. The molecule has 0 aliphatic carbocycles. The molecule has 0 amide bonds. The van der Waals surface area contributed by atoms with Crippen molar-refractivity contribution in [3.8, 4) is 0 Å². The van der Waals surface area contributed by atoms with Crippen LogP contribution in [0.1, 0.15) is 25.7 Å². The van der Waals surface area contributed by atoms with E-state index in [1.54, 1.807) is 11.3 Å². The smallest absolute Gasteiger partial charge is 0.485 e. The number of benzene rings is 1. The normalized spacial score (nSPS) is 19.0. The Bertz CT molecular complexity index is 787. The maximum absolute atomic E-state index is 10.7. The molecule has 2 heterocycles. The first-order valence-electron chi connectivity index (χ1n) is 8.21. The first kappa shape index (κ1) is 20.4. The lowest BCUT2D eigenvalue weighted by molar-refractivity contribution is -0.522. The molecule has 2 aliphatic heterocycles. The molecule has 0 bridgehead atoms. The lowest BCUT2D eigenvalue weighted by Gasteiger charge is -2.18. The van der Waals surface area contributed by atoms with E-state index in [1.807, 2.05) is 0 Å². The number of halogens is 3. The lowest BCUT2D eigenvalue weighted by Crippen LogP contribution is -2.25. The van der Waals surface area contributed by atoms with E-state index in [9.17, 15) is 13.2 Å². The molecule has 3 rings (SSSR count). The summed E-state index contributed by atoms with van der Waals surface area (Å²) in [5.74, 6) is 0. The van der Waals surface area contributed by atoms with Crippen LogP contribution in [0.25, 0.3) is 0 Å². The molecule has 0 radical (unpaired) electrons. The maximum atomic E-state index is 10.7. The molecule has 26 heavy (non-hydrogen) atoms. The zero-order chi connectivity index (χ0) is 19.4. The Balaban J connectivity index is 0.000000260. The van der Waals surface area contributed by atoms with E-state index in [-0.39, 0.29) is 0 Å². The molecule has 9 heteroatoms. The Morgan fingerprint density at radius 2 is 1.65 bits per heavy atom. The Morgan fingerprint density at radius 1 is 1.12 bits per heavy atom. The number of hydrogen-bond acceptors (Lipinski definition) is 4. The van der Waals surface area contributed by atoms with Crippen molar-refractivity contribution in [1.29, 1.82) is 0 Å². The van der Waals surface area contributed by atoms with Crippen LogP contribution in [0.5, 0.6) is 0 Å². The van der Waals surface area contributed by atoms with Gasteiger partial charge in [0.05, 0.1) is 0 Å². The molecule has 0 unspecified atom stereocenters. The van der Waals surface area contributed by atoms with Gasteiger partial charge in [-0.2, -0.15) is 13.2 Å². The third kappa shape index (κ3) is 5.31. The van der Waals surface area contributed by atoms with Gasteiger partial charge in [-0.1, -0.05) is 18.2 Å². The van der Waals surface area contributed by atoms with Crippen molar-refractivity contribution < 1.29 is 30.7 Å². The minimum Gasteiger partial charge on any atom is -0.741 e. The minimum absolute atomic E-state index is 1.24. The van der Waals surface area contributed by atoms with Gasteiger partial charge in [-0.15, -0.1) is 0 Å². The Labute approximate surface area is 151 Å². The van der Waals surface area contributed by atoms with Crippen LogP contribution in [-0.4, -0.2) is 48.9 Å². The third-order valence-corrected chi connectivity index (χ3v) is 4.83. The number of anilines is 1. The molecule has 0 saturated carbocycles. The zero-order valence-corrected chi connectivity index (χ0v) is 15.2. The van der Waals surface area contributed by atoms with Gasteiger partial charge in [0, 0.05) is 43.8 Å². The summed E-state index contributed by atoms with van der Waals surface area (Å²) < 4.78 is 61.5. The molecule has 0 aromatic heterocycles. The van der Waals surface area contributed by atoms with E-state index < -0.39 is 15.6 Å². The lowest BCUT2D eigenvalue weighted by atomic mass is 10.0. The van der Waals surface area contributed by atoms with E-state index in [1.165, 1.54) is 44.5 Å². The zero-order valence-electron chi connectivity index (χ0n) is 14.4. The van der Waals surface area contributed by atoms with Crippen molar-refractivity contribution >= 4 is 21.5 Å². The summed E-state index contributed by atoms with van der Waals surface area (Å²) in [5.41, 5.74) is -1.23. The molecule has 0 saturated heterocycles. The second-order valence-corrected chi connectivity index (χ2v) is 7.51. The fourth-order valence-electron chi connectivity index (χ4n) is 3.06. The van der Waals surface area contributed by atoms with Crippen LogP contribution in [-0.2, 0) is 10.1 Å². The van der Waals surface area contributed by atoms with Gasteiger partial charge in [-0.25, -0.2) is 13.0 Å². The van der Waals surface area contributed by atoms with Crippen LogP contribution in [0.4, 0.5) is 18.9 Å². The first-order chi connectivity index (χ1) is 12.1. The molecule has 1 aromatic carbocycles. The van der Waals surface area contributed by atoms with Crippen LogP contribution in [0.3, 0.4) is 0 Å². The van der Waals surface area contributed by atoms with Gasteiger partial charge in [0.2, 0.25) is 0 Å². The third-order valence-electron chi connectivity index (χ3n) is 4.26. The van der Waals surface area contributed by atoms with Gasteiger partial charge in [-0.05, 0) is 18.6 Å². The topological polar surface area (TPSA) is 63.5 Å². The van der Waals surface area contributed by atoms with Crippen LogP contribution >= 0.6 is 0 Å². The summed E-state index contributed by atoms with van der Waals surface area (Å²) in [4.78, 5) is 2.25. The molecule has 0 fully saturated rings. The summed E-state index contributed by atoms with van der Waals surface area (Å²) in [5, 5.41) is 0. The molecule has 2 aliphatic rings. The maximum Gasteiger partial charge on any atom is 0.485 e. The van der Waals surface area contributed by atoms with Crippen LogP contribution < -0.4 is 4.90 Å². The van der Waals surface area contributed by atoms with Crippen molar-refractivity contribution in [2.75, 3.05) is 25.0 Å². The predicted molar refractivity (Wildman–Crippen MR) is 92.1 cm³/mol. The largest absolute Gasteiger partial charge is 0.741 e. The monoisotopic (exact) mass is 390 g/mol. The molecule has 0 spiro atoms. The highest BCUT2D eigenvalue weighted by Crippen LogP contribution is 2.23.